The Balaban J connectivity index is 1.20. The van der Waals surface area contributed by atoms with E-state index in [1.54, 1.807) is 0 Å². The van der Waals surface area contributed by atoms with E-state index in [1.807, 2.05) is 24.0 Å². The molecule has 30 heavy (non-hydrogen) atoms. The van der Waals surface area contributed by atoms with Crippen molar-refractivity contribution in [3.05, 3.63) is 59.2 Å². The van der Waals surface area contributed by atoms with Crippen LogP contribution in [0.5, 0.6) is 0 Å². The number of fused-ring (bicyclic) bond motifs is 1. The fourth-order valence-corrected chi connectivity index (χ4v) is 4.58. The molecule has 2 aromatic rings. The van der Waals surface area contributed by atoms with Crippen molar-refractivity contribution < 1.29 is 4.79 Å². The zero-order chi connectivity index (χ0) is 20.9. The van der Waals surface area contributed by atoms with Gasteiger partial charge in [-0.15, -0.1) is 0 Å². The molecule has 2 aromatic carbocycles. The second-order valence-corrected chi connectivity index (χ2v) is 8.59. The van der Waals surface area contributed by atoms with E-state index in [-0.39, 0.29) is 5.91 Å². The van der Waals surface area contributed by atoms with Gasteiger partial charge in [0.15, 0.2) is 5.11 Å². The van der Waals surface area contributed by atoms with E-state index < -0.39 is 0 Å². The van der Waals surface area contributed by atoms with Crippen LogP contribution in [0, 0.1) is 6.92 Å². The van der Waals surface area contributed by atoms with Crippen molar-refractivity contribution in [2.45, 2.75) is 39.2 Å². The number of hydrogen-bond acceptors (Lipinski definition) is 3. The van der Waals surface area contributed by atoms with Gasteiger partial charge in [0.2, 0.25) is 5.91 Å². The molecule has 0 radical (unpaired) electrons. The fourth-order valence-electron chi connectivity index (χ4n) is 4.36. The van der Waals surface area contributed by atoms with Gasteiger partial charge in [-0.3, -0.25) is 9.69 Å². The number of thiocarbonyl (C=S) groups is 1. The maximum absolute atomic E-state index is 12.0. The third-order valence-corrected chi connectivity index (χ3v) is 6.21. The van der Waals surface area contributed by atoms with Crippen LogP contribution in [-0.4, -0.2) is 42.1 Å². The maximum atomic E-state index is 12.0. The number of aryl methyl sites for hydroxylation is 1. The molecule has 5 nitrogen and oxygen atoms in total. The molecule has 0 unspecified atom stereocenters. The summed E-state index contributed by atoms with van der Waals surface area (Å²) >= 11 is 5.46. The van der Waals surface area contributed by atoms with Gasteiger partial charge in [0.25, 0.3) is 0 Å². The van der Waals surface area contributed by atoms with Crippen LogP contribution in [0.2, 0.25) is 0 Å². The van der Waals surface area contributed by atoms with E-state index in [2.05, 4.69) is 45.9 Å². The Hall–Kier alpha value is -2.44. The fraction of sp³-hybridized carbons (Fsp3) is 0.417. The Bertz CT molecular complexity index is 929. The Morgan fingerprint density at radius 1 is 1.10 bits per heavy atom. The van der Waals surface area contributed by atoms with Crippen molar-refractivity contribution in [1.82, 2.24) is 10.2 Å². The van der Waals surface area contributed by atoms with Gasteiger partial charge in [-0.05, 0) is 73.3 Å². The van der Waals surface area contributed by atoms with Gasteiger partial charge in [-0.2, -0.15) is 0 Å². The Morgan fingerprint density at radius 2 is 1.93 bits per heavy atom. The maximum Gasteiger partial charge on any atom is 0.227 e. The van der Waals surface area contributed by atoms with Crippen LogP contribution in [0.1, 0.15) is 36.0 Å². The SMILES string of the molecule is Cc1cc(NC(=S)NCCCN2CCc3ccccc3C2)ccc1N1CCCC1=O. The molecule has 2 heterocycles. The second kappa shape index (κ2) is 9.58. The van der Waals surface area contributed by atoms with E-state index in [0.717, 1.165) is 68.9 Å². The molecule has 6 heteroatoms. The average molecular weight is 423 g/mol. The van der Waals surface area contributed by atoms with E-state index in [4.69, 9.17) is 12.2 Å². The van der Waals surface area contributed by atoms with Crippen molar-refractivity contribution in [3.8, 4) is 0 Å². The summed E-state index contributed by atoms with van der Waals surface area (Å²) in [7, 11) is 0. The lowest BCUT2D eigenvalue weighted by molar-refractivity contribution is -0.117. The molecular weight excluding hydrogens is 392 g/mol. The molecule has 0 saturated carbocycles. The number of anilines is 2. The zero-order valence-electron chi connectivity index (χ0n) is 17.6. The predicted molar refractivity (Wildman–Crippen MR) is 127 cm³/mol. The molecule has 2 aliphatic rings. The van der Waals surface area contributed by atoms with Gasteiger partial charge < -0.3 is 15.5 Å². The highest BCUT2D eigenvalue weighted by Gasteiger charge is 2.23. The van der Waals surface area contributed by atoms with E-state index in [9.17, 15) is 4.79 Å². The molecule has 0 spiro atoms. The summed E-state index contributed by atoms with van der Waals surface area (Å²) < 4.78 is 0. The molecule has 0 bridgehead atoms. The summed E-state index contributed by atoms with van der Waals surface area (Å²) in [4.78, 5) is 16.4. The first-order valence-corrected chi connectivity index (χ1v) is 11.3. The first-order valence-electron chi connectivity index (χ1n) is 10.8. The Morgan fingerprint density at radius 3 is 2.70 bits per heavy atom. The van der Waals surface area contributed by atoms with Crippen molar-refractivity contribution in [2.75, 3.05) is 36.4 Å². The highest BCUT2D eigenvalue weighted by Crippen LogP contribution is 2.27. The van der Waals surface area contributed by atoms with Gasteiger partial charge in [-0.1, -0.05) is 24.3 Å². The lowest BCUT2D eigenvalue weighted by Gasteiger charge is -2.28. The molecule has 1 fully saturated rings. The summed E-state index contributed by atoms with van der Waals surface area (Å²) in [5, 5.41) is 7.22. The standard InChI is InChI=1S/C24H30N4OS/c1-18-16-21(9-10-22(18)28-14-4-8-23(28)29)26-24(30)25-12-5-13-27-15-11-19-6-2-3-7-20(19)17-27/h2-3,6-7,9-10,16H,4-5,8,11-15,17H2,1H3,(H2,25,26,30). The minimum Gasteiger partial charge on any atom is -0.362 e. The summed E-state index contributed by atoms with van der Waals surface area (Å²) in [5.41, 5.74) is 6.00. The number of carbonyl (C=O) groups is 1. The minimum absolute atomic E-state index is 0.216. The van der Waals surface area contributed by atoms with Gasteiger partial charge in [-0.25, -0.2) is 0 Å². The number of rotatable bonds is 6. The van der Waals surface area contributed by atoms with Gasteiger partial charge in [0.05, 0.1) is 0 Å². The molecule has 158 valence electrons. The van der Waals surface area contributed by atoms with E-state index >= 15 is 0 Å². The molecule has 1 saturated heterocycles. The van der Waals surface area contributed by atoms with Gasteiger partial charge >= 0.3 is 0 Å². The van der Waals surface area contributed by atoms with Crippen molar-refractivity contribution in [2.24, 2.45) is 0 Å². The largest absolute Gasteiger partial charge is 0.362 e. The zero-order valence-corrected chi connectivity index (χ0v) is 18.4. The van der Waals surface area contributed by atoms with Crippen LogP contribution < -0.4 is 15.5 Å². The molecule has 2 N–H and O–H groups in total. The van der Waals surface area contributed by atoms with Crippen LogP contribution in [0.4, 0.5) is 11.4 Å². The third-order valence-electron chi connectivity index (χ3n) is 5.97. The quantitative estimate of drug-likeness (QED) is 0.547. The lowest BCUT2D eigenvalue weighted by Crippen LogP contribution is -2.34. The van der Waals surface area contributed by atoms with Crippen LogP contribution in [0.25, 0.3) is 0 Å². The van der Waals surface area contributed by atoms with Crippen molar-refractivity contribution in [3.63, 3.8) is 0 Å². The molecule has 0 aliphatic carbocycles. The molecule has 0 atom stereocenters. The Kier molecular flexibility index (Phi) is 6.65. The summed E-state index contributed by atoms with van der Waals surface area (Å²) in [6, 6.07) is 14.8. The van der Waals surface area contributed by atoms with Crippen LogP contribution in [0.15, 0.2) is 42.5 Å². The van der Waals surface area contributed by atoms with Crippen molar-refractivity contribution in [1.29, 1.82) is 0 Å². The van der Waals surface area contributed by atoms with Gasteiger partial charge in [0.1, 0.15) is 0 Å². The monoisotopic (exact) mass is 422 g/mol. The predicted octanol–water partition coefficient (Wildman–Crippen LogP) is 3.86. The number of hydrogen-bond donors (Lipinski definition) is 2. The normalized spacial score (nSPS) is 16.4. The highest BCUT2D eigenvalue weighted by molar-refractivity contribution is 7.80. The number of amides is 1. The number of nitrogens with zero attached hydrogens (tertiary/aromatic N) is 2. The van der Waals surface area contributed by atoms with Crippen LogP contribution in [0.3, 0.4) is 0 Å². The first-order chi connectivity index (χ1) is 14.6. The van der Waals surface area contributed by atoms with Crippen LogP contribution in [-0.2, 0) is 17.8 Å². The van der Waals surface area contributed by atoms with Crippen LogP contribution >= 0.6 is 12.2 Å². The number of nitrogens with one attached hydrogen (secondary N) is 2. The van der Waals surface area contributed by atoms with Crippen molar-refractivity contribution >= 4 is 34.6 Å². The number of benzene rings is 2. The highest BCUT2D eigenvalue weighted by atomic mass is 32.1. The lowest BCUT2D eigenvalue weighted by atomic mass is 10.00. The average Bonchev–Trinajstić information content (AvgIpc) is 3.17. The molecule has 4 rings (SSSR count). The van der Waals surface area contributed by atoms with Gasteiger partial charge in [0, 0.05) is 50.5 Å². The third kappa shape index (κ3) is 4.99. The minimum atomic E-state index is 0.216. The van der Waals surface area contributed by atoms with E-state index in [1.165, 1.54) is 11.1 Å². The Labute approximate surface area is 184 Å². The topological polar surface area (TPSA) is 47.6 Å². The second-order valence-electron chi connectivity index (χ2n) is 8.18. The number of carbonyl (C=O) groups excluding carboxylic acids is 1. The summed E-state index contributed by atoms with van der Waals surface area (Å²) in [5.74, 6) is 0.216. The first kappa shape index (κ1) is 20.8. The molecular formula is C24H30N4OS. The summed E-state index contributed by atoms with van der Waals surface area (Å²) in [6.07, 6.45) is 3.79. The van der Waals surface area contributed by atoms with E-state index in [0.29, 0.717) is 11.5 Å². The summed E-state index contributed by atoms with van der Waals surface area (Å²) in [6.45, 7) is 6.95. The molecule has 2 aliphatic heterocycles. The smallest absolute Gasteiger partial charge is 0.227 e. The molecule has 1 amide bonds. The molecule has 0 aromatic heterocycles.